The fourth-order valence-corrected chi connectivity index (χ4v) is 1.94. The number of nitrogens with one attached hydrogen (secondary N) is 1. The van der Waals surface area contributed by atoms with E-state index in [0.717, 1.165) is 5.76 Å². The van der Waals surface area contributed by atoms with Crippen LogP contribution in [0.15, 0.2) is 34.7 Å². The molecular formula is C16H18N2O4. The molecule has 1 heterocycles. The van der Waals surface area contributed by atoms with E-state index in [1.165, 1.54) is 24.3 Å². The van der Waals surface area contributed by atoms with Crippen molar-refractivity contribution in [2.45, 2.75) is 33.1 Å². The van der Waals surface area contributed by atoms with Gasteiger partial charge >= 0.3 is 0 Å². The maximum absolute atomic E-state index is 12.3. The van der Waals surface area contributed by atoms with Crippen molar-refractivity contribution in [3.8, 4) is 0 Å². The Morgan fingerprint density at radius 1 is 1.23 bits per heavy atom. The number of rotatable bonds is 3. The molecule has 116 valence electrons. The third-order valence-electron chi connectivity index (χ3n) is 3.24. The van der Waals surface area contributed by atoms with Gasteiger partial charge in [0.1, 0.15) is 11.5 Å². The second-order valence-corrected chi connectivity index (χ2v) is 6.09. The van der Waals surface area contributed by atoms with Crippen LogP contribution in [-0.4, -0.2) is 10.8 Å². The van der Waals surface area contributed by atoms with Crippen molar-refractivity contribution < 1.29 is 14.1 Å². The molecule has 6 heteroatoms. The van der Waals surface area contributed by atoms with Crippen LogP contribution in [0, 0.1) is 17.0 Å². The third kappa shape index (κ3) is 3.33. The van der Waals surface area contributed by atoms with Crippen LogP contribution in [0.5, 0.6) is 0 Å². The molecule has 1 amide bonds. The number of nitro benzene ring substituents is 1. The number of anilines is 1. The summed E-state index contributed by atoms with van der Waals surface area (Å²) in [7, 11) is 0. The Bertz CT molecular complexity index is 709. The minimum absolute atomic E-state index is 0.0208. The number of hydrogen-bond donors (Lipinski definition) is 1. The first-order valence-corrected chi connectivity index (χ1v) is 6.85. The Morgan fingerprint density at radius 3 is 2.27 bits per heavy atom. The molecule has 0 saturated heterocycles. The Labute approximate surface area is 128 Å². The zero-order chi connectivity index (χ0) is 16.5. The zero-order valence-electron chi connectivity index (χ0n) is 13.0. The number of carbonyl (C=O) groups excluding carboxylic acids is 1. The van der Waals surface area contributed by atoms with Crippen LogP contribution >= 0.6 is 0 Å². The number of nitrogens with zero attached hydrogens (tertiary/aromatic N) is 1. The van der Waals surface area contributed by atoms with Gasteiger partial charge in [0, 0.05) is 23.2 Å². The van der Waals surface area contributed by atoms with Crippen LogP contribution in [-0.2, 0) is 5.41 Å². The SMILES string of the molecule is Cc1oc(C(C)(C)C)cc1C(=O)Nc1ccc([N+](=O)[O-])cc1. The van der Waals surface area contributed by atoms with Gasteiger partial charge in [0.2, 0.25) is 0 Å². The van der Waals surface area contributed by atoms with Crippen molar-refractivity contribution in [2.24, 2.45) is 0 Å². The summed E-state index contributed by atoms with van der Waals surface area (Å²) in [6.45, 7) is 7.75. The summed E-state index contributed by atoms with van der Waals surface area (Å²) in [5.41, 5.74) is 0.751. The standard InChI is InChI=1S/C16H18N2O4/c1-10-13(9-14(22-10)16(2,3)4)15(19)17-11-5-7-12(8-6-11)18(20)21/h5-9H,1-4H3,(H,17,19). The Hall–Kier alpha value is -2.63. The molecule has 0 saturated carbocycles. The molecule has 1 N–H and O–H groups in total. The number of hydrogen-bond acceptors (Lipinski definition) is 4. The molecule has 0 bridgehead atoms. The number of benzene rings is 1. The Kier molecular flexibility index (Phi) is 4.03. The number of aryl methyl sites for hydroxylation is 1. The number of non-ortho nitro benzene ring substituents is 1. The van der Waals surface area contributed by atoms with Crippen LogP contribution in [0.3, 0.4) is 0 Å². The predicted octanol–water partition coefficient (Wildman–Crippen LogP) is 4.05. The lowest BCUT2D eigenvalue weighted by molar-refractivity contribution is -0.384. The van der Waals surface area contributed by atoms with E-state index in [4.69, 9.17) is 4.42 Å². The summed E-state index contributed by atoms with van der Waals surface area (Å²) < 4.78 is 5.64. The van der Waals surface area contributed by atoms with Gasteiger partial charge in [-0.25, -0.2) is 0 Å². The molecule has 0 aliphatic heterocycles. The highest BCUT2D eigenvalue weighted by molar-refractivity contribution is 6.05. The molecule has 0 radical (unpaired) electrons. The average molecular weight is 302 g/mol. The van der Waals surface area contributed by atoms with Crippen molar-refractivity contribution in [1.82, 2.24) is 0 Å². The first-order chi connectivity index (χ1) is 10.2. The van der Waals surface area contributed by atoms with E-state index in [0.29, 0.717) is 17.0 Å². The van der Waals surface area contributed by atoms with Crippen LogP contribution in [0.25, 0.3) is 0 Å². The quantitative estimate of drug-likeness (QED) is 0.684. The lowest BCUT2D eigenvalue weighted by atomic mass is 9.93. The number of furan rings is 1. The van der Waals surface area contributed by atoms with Crippen molar-refractivity contribution in [1.29, 1.82) is 0 Å². The molecule has 2 rings (SSSR count). The van der Waals surface area contributed by atoms with Crippen LogP contribution in [0.1, 0.15) is 42.6 Å². The molecule has 2 aromatic rings. The minimum Gasteiger partial charge on any atom is -0.465 e. The maximum Gasteiger partial charge on any atom is 0.269 e. The number of amides is 1. The van der Waals surface area contributed by atoms with Gasteiger partial charge < -0.3 is 9.73 Å². The number of carbonyl (C=O) groups is 1. The van der Waals surface area contributed by atoms with E-state index in [2.05, 4.69) is 5.32 Å². The molecule has 6 nitrogen and oxygen atoms in total. The Morgan fingerprint density at radius 2 is 1.82 bits per heavy atom. The normalized spacial score (nSPS) is 11.3. The van der Waals surface area contributed by atoms with Gasteiger partial charge in [0.25, 0.3) is 11.6 Å². The second kappa shape index (κ2) is 5.63. The van der Waals surface area contributed by atoms with Crippen LogP contribution in [0.4, 0.5) is 11.4 Å². The van der Waals surface area contributed by atoms with E-state index in [1.54, 1.807) is 13.0 Å². The van der Waals surface area contributed by atoms with Crippen LogP contribution in [0.2, 0.25) is 0 Å². The van der Waals surface area contributed by atoms with Crippen LogP contribution < -0.4 is 5.32 Å². The van der Waals surface area contributed by atoms with Gasteiger partial charge in [-0.1, -0.05) is 20.8 Å². The van der Waals surface area contributed by atoms with E-state index < -0.39 is 4.92 Å². The highest BCUT2D eigenvalue weighted by Gasteiger charge is 2.23. The summed E-state index contributed by atoms with van der Waals surface area (Å²) in [5.74, 6) is 0.980. The highest BCUT2D eigenvalue weighted by Crippen LogP contribution is 2.27. The minimum atomic E-state index is -0.485. The molecule has 0 aliphatic rings. The summed E-state index contributed by atoms with van der Waals surface area (Å²) >= 11 is 0. The molecule has 1 aromatic heterocycles. The third-order valence-corrected chi connectivity index (χ3v) is 3.24. The lowest BCUT2D eigenvalue weighted by Crippen LogP contribution is -2.13. The largest absolute Gasteiger partial charge is 0.465 e. The van der Waals surface area contributed by atoms with Crippen molar-refractivity contribution in [3.05, 3.63) is 57.5 Å². The summed E-state index contributed by atoms with van der Waals surface area (Å²) in [6.07, 6.45) is 0. The van der Waals surface area contributed by atoms with Gasteiger partial charge in [0.05, 0.1) is 10.5 Å². The van der Waals surface area contributed by atoms with Gasteiger partial charge in [-0.05, 0) is 25.1 Å². The molecule has 0 fully saturated rings. The zero-order valence-corrected chi connectivity index (χ0v) is 13.0. The molecule has 22 heavy (non-hydrogen) atoms. The van der Waals surface area contributed by atoms with Crippen molar-refractivity contribution in [2.75, 3.05) is 5.32 Å². The second-order valence-electron chi connectivity index (χ2n) is 6.09. The summed E-state index contributed by atoms with van der Waals surface area (Å²) in [4.78, 5) is 22.4. The molecule has 0 spiro atoms. The van der Waals surface area contributed by atoms with Gasteiger partial charge in [0.15, 0.2) is 0 Å². The predicted molar refractivity (Wildman–Crippen MR) is 83.2 cm³/mol. The first kappa shape index (κ1) is 15.8. The van der Waals surface area contributed by atoms with Gasteiger partial charge in [-0.3, -0.25) is 14.9 Å². The first-order valence-electron chi connectivity index (χ1n) is 6.85. The van der Waals surface area contributed by atoms with E-state index in [1.807, 2.05) is 20.8 Å². The monoisotopic (exact) mass is 302 g/mol. The molecule has 0 atom stereocenters. The van der Waals surface area contributed by atoms with E-state index >= 15 is 0 Å². The van der Waals surface area contributed by atoms with E-state index in [9.17, 15) is 14.9 Å². The highest BCUT2D eigenvalue weighted by atomic mass is 16.6. The fraction of sp³-hybridized carbons (Fsp3) is 0.312. The Balaban J connectivity index is 2.19. The summed E-state index contributed by atoms with van der Waals surface area (Å²) in [6, 6.07) is 7.42. The summed E-state index contributed by atoms with van der Waals surface area (Å²) in [5, 5.41) is 13.3. The maximum atomic E-state index is 12.3. The molecule has 0 unspecified atom stereocenters. The number of nitro groups is 1. The van der Waals surface area contributed by atoms with Gasteiger partial charge in [-0.2, -0.15) is 0 Å². The average Bonchev–Trinajstić information content (AvgIpc) is 2.81. The lowest BCUT2D eigenvalue weighted by Gasteiger charge is -2.13. The fourth-order valence-electron chi connectivity index (χ4n) is 1.94. The van der Waals surface area contributed by atoms with Gasteiger partial charge in [-0.15, -0.1) is 0 Å². The van der Waals surface area contributed by atoms with Crippen molar-refractivity contribution >= 4 is 17.3 Å². The smallest absolute Gasteiger partial charge is 0.269 e. The topological polar surface area (TPSA) is 85.4 Å². The van der Waals surface area contributed by atoms with E-state index in [-0.39, 0.29) is 17.0 Å². The van der Waals surface area contributed by atoms with Crippen molar-refractivity contribution in [3.63, 3.8) is 0 Å². The molecule has 1 aromatic carbocycles. The molecule has 0 aliphatic carbocycles. The molecular weight excluding hydrogens is 284 g/mol.